The number of pyridine rings is 1. The Morgan fingerprint density at radius 3 is 2.44 bits per heavy atom. The van der Waals surface area contributed by atoms with Gasteiger partial charge < -0.3 is 14.5 Å². The maximum absolute atomic E-state index is 12.6. The number of anilines is 1. The largest absolute Gasteiger partial charge is 0.494 e. The fraction of sp³-hybridized carbons (Fsp3) is 0.346. The Labute approximate surface area is 188 Å². The number of fused-ring (bicyclic) bond motifs is 1. The molecule has 3 aromatic rings. The molecule has 0 unspecified atom stereocenters. The van der Waals surface area contributed by atoms with Crippen LogP contribution in [0.1, 0.15) is 35.2 Å². The fourth-order valence-corrected chi connectivity index (χ4v) is 4.21. The van der Waals surface area contributed by atoms with Gasteiger partial charge in [-0.25, -0.2) is 4.98 Å². The molecule has 6 heteroatoms. The number of para-hydroxylation sites is 1. The summed E-state index contributed by atoms with van der Waals surface area (Å²) in [7, 11) is 1.66. The van der Waals surface area contributed by atoms with Crippen molar-refractivity contribution in [1.82, 2.24) is 9.88 Å². The van der Waals surface area contributed by atoms with Crippen molar-refractivity contribution in [3.63, 3.8) is 0 Å². The van der Waals surface area contributed by atoms with Gasteiger partial charge in [0, 0.05) is 50.0 Å². The second-order valence-corrected chi connectivity index (χ2v) is 8.16. The van der Waals surface area contributed by atoms with Crippen molar-refractivity contribution in [3.05, 3.63) is 65.7 Å². The zero-order valence-electron chi connectivity index (χ0n) is 18.7. The van der Waals surface area contributed by atoms with E-state index in [2.05, 4.69) is 24.0 Å². The quantitative estimate of drug-likeness (QED) is 0.523. The van der Waals surface area contributed by atoms with E-state index in [1.54, 1.807) is 7.11 Å². The number of carbonyl (C=O) groups excluding carboxylic acids is 2. The van der Waals surface area contributed by atoms with Crippen molar-refractivity contribution in [2.45, 2.75) is 26.2 Å². The van der Waals surface area contributed by atoms with E-state index in [1.807, 2.05) is 47.4 Å². The van der Waals surface area contributed by atoms with E-state index in [0.29, 0.717) is 37.9 Å². The molecule has 0 radical (unpaired) electrons. The van der Waals surface area contributed by atoms with E-state index in [9.17, 15) is 9.59 Å². The molecule has 32 heavy (non-hydrogen) atoms. The molecule has 0 aliphatic carbocycles. The molecule has 6 nitrogen and oxygen atoms in total. The fourth-order valence-electron chi connectivity index (χ4n) is 4.21. The molecule has 0 N–H and O–H groups in total. The molecule has 0 saturated carbocycles. The number of nitrogens with zero attached hydrogens (tertiary/aromatic N) is 3. The maximum Gasteiger partial charge on any atom is 0.222 e. The van der Waals surface area contributed by atoms with Crippen LogP contribution in [0.15, 0.2) is 54.6 Å². The number of ether oxygens (including phenoxy) is 1. The minimum absolute atomic E-state index is 0.0939. The van der Waals surface area contributed by atoms with Crippen LogP contribution >= 0.6 is 0 Å². The van der Waals surface area contributed by atoms with Gasteiger partial charge in [-0.1, -0.05) is 42.5 Å². The molecular weight excluding hydrogens is 402 g/mol. The van der Waals surface area contributed by atoms with Gasteiger partial charge in [0.25, 0.3) is 0 Å². The van der Waals surface area contributed by atoms with E-state index >= 15 is 0 Å². The highest BCUT2D eigenvalue weighted by atomic mass is 16.5. The van der Waals surface area contributed by atoms with Crippen molar-refractivity contribution in [1.29, 1.82) is 0 Å². The number of amides is 1. The van der Waals surface area contributed by atoms with Gasteiger partial charge in [-0.3, -0.25) is 9.59 Å². The third-order valence-electron chi connectivity index (χ3n) is 6.06. The van der Waals surface area contributed by atoms with E-state index in [0.717, 1.165) is 41.1 Å². The predicted octanol–water partition coefficient (Wildman–Crippen LogP) is 4.25. The monoisotopic (exact) mass is 431 g/mol. The van der Waals surface area contributed by atoms with Gasteiger partial charge in [0.05, 0.1) is 7.11 Å². The Hall–Kier alpha value is -3.41. The first kappa shape index (κ1) is 21.8. The first-order valence-electron chi connectivity index (χ1n) is 11.1. The molecule has 0 atom stereocenters. The third-order valence-corrected chi connectivity index (χ3v) is 6.06. The molecule has 1 aliphatic heterocycles. The van der Waals surface area contributed by atoms with Crippen LogP contribution in [0.25, 0.3) is 10.9 Å². The van der Waals surface area contributed by atoms with Crippen LogP contribution in [0, 0.1) is 6.92 Å². The molecule has 1 aliphatic rings. The predicted molar refractivity (Wildman–Crippen MR) is 126 cm³/mol. The van der Waals surface area contributed by atoms with Gasteiger partial charge in [0.1, 0.15) is 17.1 Å². The number of methoxy groups -OCH3 is 1. The number of aromatic nitrogens is 1. The average molecular weight is 432 g/mol. The highest BCUT2D eigenvalue weighted by molar-refractivity contribution is 5.96. The number of rotatable bonds is 7. The molecule has 0 bridgehead atoms. The lowest BCUT2D eigenvalue weighted by molar-refractivity contribution is -0.131. The van der Waals surface area contributed by atoms with Gasteiger partial charge in [0.15, 0.2) is 5.78 Å². The van der Waals surface area contributed by atoms with Crippen LogP contribution in [0.4, 0.5) is 5.82 Å². The number of hydrogen-bond donors (Lipinski definition) is 0. The number of Topliss-reactive ketones (excluding diaryl/α,β-unsaturated/α-hetero) is 1. The molecule has 166 valence electrons. The van der Waals surface area contributed by atoms with E-state index in [4.69, 9.17) is 9.72 Å². The summed E-state index contributed by atoms with van der Waals surface area (Å²) in [6.45, 7) is 4.89. The lowest BCUT2D eigenvalue weighted by atomic mass is 10.1. The zero-order chi connectivity index (χ0) is 22.5. The van der Waals surface area contributed by atoms with E-state index < -0.39 is 0 Å². The summed E-state index contributed by atoms with van der Waals surface area (Å²) in [6.07, 6.45) is 1.39. The smallest absolute Gasteiger partial charge is 0.222 e. The summed E-state index contributed by atoms with van der Waals surface area (Å²) in [4.78, 5) is 33.8. The van der Waals surface area contributed by atoms with E-state index in [-0.39, 0.29) is 11.7 Å². The van der Waals surface area contributed by atoms with Gasteiger partial charge in [-0.05, 0) is 31.0 Å². The molecule has 1 saturated heterocycles. The number of aryl methyl sites for hydroxylation is 1. The summed E-state index contributed by atoms with van der Waals surface area (Å²) in [5.74, 6) is 1.90. The van der Waals surface area contributed by atoms with Crippen molar-refractivity contribution in [2.24, 2.45) is 0 Å². The first-order valence-corrected chi connectivity index (χ1v) is 11.1. The van der Waals surface area contributed by atoms with Crippen LogP contribution in [0.5, 0.6) is 5.75 Å². The number of piperazine rings is 1. The molecule has 2 heterocycles. The average Bonchev–Trinajstić information content (AvgIpc) is 2.84. The third kappa shape index (κ3) is 4.74. The van der Waals surface area contributed by atoms with Crippen LogP contribution in [-0.4, -0.2) is 54.9 Å². The molecular formula is C26H29N3O3. The second kappa shape index (κ2) is 9.81. The Balaban J connectivity index is 1.32. The molecule has 2 aromatic carbocycles. The maximum atomic E-state index is 12.6. The number of benzene rings is 2. The molecule has 0 spiro atoms. The Morgan fingerprint density at radius 1 is 0.969 bits per heavy atom. The molecule has 1 aromatic heterocycles. The van der Waals surface area contributed by atoms with Crippen LogP contribution in [0.3, 0.4) is 0 Å². The number of ketones is 1. The Bertz CT molecular complexity index is 1110. The first-order chi connectivity index (χ1) is 15.6. The topological polar surface area (TPSA) is 62.7 Å². The normalized spacial score (nSPS) is 13.9. The van der Waals surface area contributed by atoms with Crippen LogP contribution in [-0.2, 0) is 4.79 Å². The molecule has 4 rings (SSSR count). The Morgan fingerprint density at radius 2 is 1.72 bits per heavy atom. The highest BCUT2D eigenvalue weighted by Gasteiger charge is 2.22. The van der Waals surface area contributed by atoms with Crippen molar-refractivity contribution in [3.8, 4) is 5.75 Å². The number of carbonyl (C=O) groups is 2. The van der Waals surface area contributed by atoms with Gasteiger partial charge in [-0.2, -0.15) is 0 Å². The minimum Gasteiger partial charge on any atom is -0.494 e. The van der Waals surface area contributed by atoms with Gasteiger partial charge in [0.2, 0.25) is 5.91 Å². The summed E-state index contributed by atoms with van der Waals surface area (Å²) < 4.78 is 5.50. The summed E-state index contributed by atoms with van der Waals surface area (Å²) in [5.41, 5.74) is 2.74. The standard InChI is InChI=1S/C26H29N3O3/c1-19-18-24(27-26-21(19)10-6-12-23(26)32-2)28-14-16-29(17-15-28)25(31)13-7-11-22(30)20-8-4-3-5-9-20/h3-6,8-10,12,18H,7,11,13-17H2,1-2H3. The lowest BCUT2D eigenvalue weighted by Crippen LogP contribution is -2.49. The molecule has 1 amide bonds. The van der Waals surface area contributed by atoms with E-state index in [1.165, 1.54) is 0 Å². The summed E-state index contributed by atoms with van der Waals surface area (Å²) >= 11 is 0. The van der Waals surface area contributed by atoms with Gasteiger partial charge >= 0.3 is 0 Å². The second-order valence-electron chi connectivity index (χ2n) is 8.16. The minimum atomic E-state index is 0.0939. The van der Waals surface area contributed by atoms with Crippen molar-refractivity contribution in [2.75, 3.05) is 38.2 Å². The summed E-state index contributed by atoms with van der Waals surface area (Å²) in [6, 6.07) is 17.3. The van der Waals surface area contributed by atoms with Gasteiger partial charge in [-0.15, -0.1) is 0 Å². The van der Waals surface area contributed by atoms with Crippen molar-refractivity contribution >= 4 is 28.4 Å². The molecule has 1 fully saturated rings. The lowest BCUT2D eigenvalue weighted by Gasteiger charge is -2.35. The summed E-state index contributed by atoms with van der Waals surface area (Å²) in [5, 5.41) is 1.09. The van der Waals surface area contributed by atoms with Crippen molar-refractivity contribution < 1.29 is 14.3 Å². The highest BCUT2D eigenvalue weighted by Crippen LogP contribution is 2.29. The zero-order valence-corrected chi connectivity index (χ0v) is 18.7. The SMILES string of the molecule is COc1cccc2c(C)cc(N3CCN(C(=O)CCCC(=O)c4ccccc4)CC3)nc12. The Kier molecular flexibility index (Phi) is 6.69. The number of hydrogen-bond acceptors (Lipinski definition) is 5. The van der Waals surface area contributed by atoms with Crippen LogP contribution < -0.4 is 9.64 Å². The van der Waals surface area contributed by atoms with Crippen LogP contribution in [0.2, 0.25) is 0 Å².